The van der Waals surface area contributed by atoms with Crippen molar-refractivity contribution in [2.75, 3.05) is 0 Å². The topological polar surface area (TPSA) is 93.9 Å². The summed E-state index contributed by atoms with van der Waals surface area (Å²) < 4.78 is 45.3. The van der Waals surface area contributed by atoms with Crippen molar-refractivity contribution in [3.8, 4) is 17.0 Å². The summed E-state index contributed by atoms with van der Waals surface area (Å²) in [5, 5.41) is 9.74. The van der Waals surface area contributed by atoms with E-state index in [0.29, 0.717) is 5.56 Å². The Hall–Kier alpha value is -3.36. The van der Waals surface area contributed by atoms with Crippen molar-refractivity contribution in [3.05, 3.63) is 65.1 Å². The first-order valence-corrected chi connectivity index (χ1v) is 7.03. The number of H-pyrrole nitrogens is 1. The Bertz CT molecular complexity index is 943. The lowest BCUT2D eigenvalue weighted by atomic mass is 10.1. The van der Waals surface area contributed by atoms with Gasteiger partial charge in [0.2, 0.25) is 0 Å². The molecule has 1 aromatic heterocycles. The van der Waals surface area contributed by atoms with Crippen LogP contribution in [0.25, 0.3) is 11.3 Å². The highest BCUT2D eigenvalue weighted by molar-refractivity contribution is 5.97. The smallest absolute Gasteiger partial charge is 0.271 e. The zero-order chi connectivity index (χ0) is 18.0. The number of rotatable bonds is 5. The fraction of sp³-hybridized carbons (Fsp3) is 0.0625. The molecule has 0 saturated heterocycles. The summed E-state index contributed by atoms with van der Waals surface area (Å²) in [5.74, 6) is -3.37. The average molecular weight is 348 g/mol. The van der Waals surface area contributed by atoms with E-state index in [9.17, 15) is 18.0 Å². The molecule has 3 N–H and O–H groups in total. The highest BCUT2D eigenvalue weighted by Crippen LogP contribution is 2.31. The number of aromatic amines is 1. The van der Waals surface area contributed by atoms with E-state index in [0.717, 1.165) is 24.3 Å². The van der Waals surface area contributed by atoms with Gasteiger partial charge in [-0.2, -0.15) is 15.4 Å². The minimum absolute atomic E-state index is 0.0427. The molecule has 0 aliphatic rings. The first kappa shape index (κ1) is 16.5. The van der Waals surface area contributed by atoms with E-state index in [4.69, 9.17) is 10.5 Å². The third-order valence-corrected chi connectivity index (χ3v) is 3.36. The van der Waals surface area contributed by atoms with Crippen LogP contribution in [0.4, 0.5) is 13.2 Å². The SMILES string of the molecule is NC(=O)c1n[nH]nc1-c1ccc(F)cc1OCc1ccc(F)c(F)c1. The van der Waals surface area contributed by atoms with Gasteiger partial charge in [0, 0.05) is 11.6 Å². The summed E-state index contributed by atoms with van der Waals surface area (Å²) in [4.78, 5) is 11.4. The standard InChI is InChI=1S/C16H11F3N4O2/c17-9-2-3-10(14-15(16(20)24)22-23-21-14)13(6-9)25-7-8-1-4-11(18)12(19)5-8/h1-6H,7H2,(H2,20,24)(H,21,22,23). The van der Waals surface area contributed by atoms with E-state index in [1.165, 1.54) is 12.1 Å². The maximum Gasteiger partial charge on any atom is 0.271 e. The Labute approximate surface area is 139 Å². The van der Waals surface area contributed by atoms with Crippen LogP contribution in [0.3, 0.4) is 0 Å². The van der Waals surface area contributed by atoms with Crippen LogP contribution in [0, 0.1) is 17.5 Å². The summed E-state index contributed by atoms with van der Waals surface area (Å²) in [6.07, 6.45) is 0. The first-order valence-electron chi connectivity index (χ1n) is 7.03. The molecule has 0 radical (unpaired) electrons. The Kier molecular flexibility index (Phi) is 4.38. The molecular weight excluding hydrogens is 337 g/mol. The van der Waals surface area contributed by atoms with Gasteiger partial charge in [-0.05, 0) is 29.8 Å². The van der Waals surface area contributed by atoms with Gasteiger partial charge in [0.05, 0.1) is 0 Å². The molecule has 3 aromatic rings. The molecule has 0 atom stereocenters. The van der Waals surface area contributed by atoms with Gasteiger partial charge in [0.15, 0.2) is 17.3 Å². The van der Waals surface area contributed by atoms with Crippen LogP contribution in [0.2, 0.25) is 0 Å². The summed E-state index contributed by atoms with van der Waals surface area (Å²) in [5.41, 5.74) is 5.78. The number of amides is 1. The van der Waals surface area contributed by atoms with E-state index in [1.807, 2.05) is 0 Å². The molecule has 25 heavy (non-hydrogen) atoms. The van der Waals surface area contributed by atoms with Gasteiger partial charge in [0.1, 0.15) is 23.9 Å². The normalized spacial score (nSPS) is 10.7. The molecule has 3 rings (SSSR count). The van der Waals surface area contributed by atoms with Gasteiger partial charge in [0.25, 0.3) is 5.91 Å². The van der Waals surface area contributed by atoms with E-state index >= 15 is 0 Å². The molecule has 1 heterocycles. The van der Waals surface area contributed by atoms with Crippen LogP contribution in [0.5, 0.6) is 5.75 Å². The molecule has 0 spiro atoms. The van der Waals surface area contributed by atoms with Gasteiger partial charge in [-0.3, -0.25) is 4.79 Å². The number of carbonyl (C=O) groups excluding carboxylic acids is 1. The quantitative estimate of drug-likeness (QED) is 0.741. The molecule has 128 valence electrons. The molecule has 6 nitrogen and oxygen atoms in total. The lowest BCUT2D eigenvalue weighted by Gasteiger charge is -2.11. The summed E-state index contributed by atoms with van der Waals surface area (Å²) in [6.45, 7) is -0.155. The van der Waals surface area contributed by atoms with E-state index < -0.39 is 23.4 Å². The number of nitrogens with one attached hydrogen (secondary N) is 1. The molecule has 0 aliphatic carbocycles. The fourth-order valence-electron chi connectivity index (χ4n) is 2.19. The number of nitrogens with two attached hydrogens (primary N) is 1. The second kappa shape index (κ2) is 6.63. The number of hydrogen-bond donors (Lipinski definition) is 2. The number of hydrogen-bond acceptors (Lipinski definition) is 4. The van der Waals surface area contributed by atoms with E-state index in [1.54, 1.807) is 0 Å². The zero-order valence-electron chi connectivity index (χ0n) is 12.6. The van der Waals surface area contributed by atoms with Gasteiger partial charge >= 0.3 is 0 Å². The lowest BCUT2D eigenvalue weighted by molar-refractivity contribution is 0.0996. The lowest BCUT2D eigenvalue weighted by Crippen LogP contribution is -2.13. The van der Waals surface area contributed by atoms with E-state index in [2.05, 4.69) is 15.4 Å². The molecule has 1 amide bonds. The Morgan fingerprint density at radius 2 is 1.88 bits per heavy atom. The minimum Gasteiger partial charge on any atom is -0.488 e. The summed E-state index contributed by atoms with van der Waals surface area (Å²) in [6, 6.07) is 6.85. The Morgan fingerprint density at radius 3 is 2.60 bits per heavy atom. The Morgan fingerprint density at radius 1 is 1.08 bits per heavy atom. The third-order valence-electron chi connectivity index (χ3n) is 3.36. The second-order valence-electron chi connectivity index (χ2n) is 5.06. The molecule has 9 heteroatoms. The predicted molar refractivity (Wildman–Crippen MR) is 81.0 cm³/mol. The largest absolute Gasteiger partial charge is 0.488 e. The zero-order valence-corrected chi connectivity index (χ0v) is 12.6. The molecular formula is C16H11F3N4O2. The van der Waals surface area contributed by atoms with Crippen molar-refractivity contribution in [1.29, 1.82) is 0 Å². The van der Waals surface area contributed by atoms with Crippen molar-refractivity contribution >= 4 is 5.91 Å². The maximum atomic E-state index is 13.6. The molecule has 0 saturated carbocycles. The predicted octanol–water partition coefficient (Wildman–Crippen LogP) is 2.57. The third kappa shape index (κ3) is 3.44. The average Bonchev–Trinajstić information content (AvgIpc) is 3.06. The van der Waals surface area contributed by atoms with Gasteiger partial charge < -0.3 is 10.5 Å². The first-order chi connectivity index (χ1) is 12.0. The molecule has 0 bridgehead atoms. The van der Waals surface area contributed by atoms with Gasteiger partial charge in [-0.1, -0.05) is 6.07 Å². The van der Waals surface area contributed by atoms with Crippen LogP contribution in [0.1, 0.15) is 16.1 Å². The number of ether oxygens (including phenoxy) is 1. The van der Waals surface area contributed by atoms with Gasteiger partial charge in [-0.25, -0.2) is 13.2 Å². The van der Waals surface area contributed by atoms with Crippen LogP contribution in [-0.4, -0.2) is 21.3 Å². The van der Waals surface area contributed by atoms with E-state index in [-0.39, 0.29) is 29.3 Å². The number of benzene rings is 2. The minimum atomic E-state index is -1.02. The molecule has 0 aliphatic heterocycles. The molecule has 2 aromatic carbocycles. The van der Waals surface area contributed by atoms with Gasteiger partial charge in [-0.15, -0.1) is 0 Å². The number of halogens is 3. The van der Waals surface area contributed by atoms with Crippen molar-refractivity contribution in [3.63, 3.8) is 0 Å². The summed E-state index contributed by atoms with van der Waals surface area (Å²) >= 11 is 0. The number of carbonyl (C=O) groups is 1. The highest BCUT2D eigenvalue weighted by atomic mass is 19.2. The number of primary amides is 1. The highest BCUT2D eigenvalue weighted by Gasteiger charge is 2.19. The van der Waals surface area contributed by atoms with Crippen molar-refractivity contribution < 1.29 is 22.7 Å². The van der Waals surface area contributed by atoms with Crippen molar-refractivity contribution in [1.82, 2.24) is 15.4 Å². The monoisotopic (exact) mass is 348 g/mol. The van der Waals surface area contributed by atoms with Crippen molar-refractivity contribution in [2.45, 2.75) is 6.61 Å². The number of aromatic nitrogens is 3. The van der Waals surface area contributed by atoms with Crippen LogP contribution in [-0.2, 0) is 6.61 Å². The Balaban J connectivity index is 1.93. The molecule has 0 fully saturated rings. The van der Waals surface area contributed by atoms with Crippen LogP contribution in [0.15, 0.2) is 36.4 Å². The van der Waals surface area contributed by atoms with Crippen LogP contribution >= 0.6 is 0 Å². The number of nitrogens with zero attached hydrogens (tertiary/aromatic N) is 2. The molecule has 0 unspecified atom stereocenters. The second-order valence-corrected chi connectivity index (χ2v) is 5.06. The maximum absolute atomic E-state index is 13.6. The van der Waals surface area contributed by atoms with Crippen LogP contribution < -0.4 is 10.5 Å². The summed E-state index contributed by atoms with van der Waals surface area (Å²) in [7, 11) is 0. The fourth-order valence-corrected chi connectivity index (χ4v) is 2.19. The van der Waals surface area contributed by atoms with Crippen molar-refractivity contribution in [2.24, 2.45) is 5.73 Å².